The lowest BCUT2D eigenvalue weighted by Gasteiger charge is -2.55. The first-order chi connectivity index (χ1) is 14.3. The fourth-order valence-electron chi connectivity index (χ4n) is 6.96. The second-order valence-electron chi connectivity index (χ2n) is 10.7. The van der Waals surface area contributed by atoms with Crippen molar-refractivity contribution in [3.05, 3.63) is 28.2 Å². The number of piperidine rings is 1. The topological polar surface area (TPSA) is 71.4 Å². The average Bonchev–Trinajstić information content (AvgIpc) is 2.70. The molecule has 1 aromatic rings. The van der Waals surface area contributed by atoms with Crippen LogP contribution in [0.2, 0.25) is 0 Å². The molecule has 0 spiro atoms. The van der Waals surface area contributed by atoms with Gasteiger partial charge >= 0.3 is 0 Å². The third kappa shape index (κ3) is 3.38. The molecule has 1 N–H and O–H groups in total. The molecule has 1 aliphatic heterocycles. The highest BCUT2D eigenvalue weighted by Crippen LogP contribution is 2.60. The van der Waals surface area contributed by atoms with Crippen LogP contribution in [0.25, 0.3) is 0 Å². The normalized spacial score (nSPS) is 33.0. The van der Waals surface area contributed by atoms with Crippen molar-refractivity contribution in [1.82, 2.24) is 9.47 Å². The summed E-state index contributed by atoms with van der Waals surface area (Å²) in [5.41, 5.74) is 0.154. The molecule has 6 nitrogen and oxygen atoms in total. The summed E-state index contributed by atoms with van der Waals surface area (Å²) in [7, 11) is 1.65. The van der Waals surface area contributed by atoms with Crippen LogP contribution in [-0.4, -0.2) is 34.4 Å². The predicted molar refractivity (Wildman–Crippen MR) is 115 cm³/mol. The van der Waals surface area contributed by atoms with Crippen LogP contribution < -0.4 is 10.9 Å². The minimum atomic E-state index is -0.317. The highest BCUT2D eigenvalue weighted by atomic mass is 16.2. The fraction of sp³-hybridized carbons (Fsp3) is 0.708. The number of carbonyl (C=O) groups is 2. The molecule has 1 saturated heterocycles. The van der Waals surface area contributed by atoms with E-state index in [1.807, 2.05) is 4.90 Å². The van der Waals surface area contributed by atoms with E-state index in [0.29, 0.717) is 29.2 Å². The maximum Gasteiger partial charge on any atom is 0.274 e. The molecule has 4 bridgehead atoms. The van der Waals surface area contributed by atoms with Crippen LogP contribution >= 0.6 is 0 Å². The van der Waals surface area contributed by atoms with E-state index in [4.69, 9.17) is 0 Å². The monoisotopic (exact) mass is 411 g/mol. The number of aromatic nitrogens is 1. The maximum absolute atomic E-state index is 13.4. The number of nitrogens with zero attached hydrogens (tertiary/aromatic N) is 2. The molecule has 5 aliphatic rings. The Labute approximate surface area is 178 Å². The number of hydrogen-bond acceptors (Lipinski definition) is 3. The number of rotatable bonds is 3. The minimum absolute atomic E-state index is 0.00454. The lowest BCUT2D eigenvalue weighted by Crippen LogP contribution is -2.52. The number of aryl methyl sites for hydroxylation is 1. The molecule has 0 radical (unpaired) electrons. The molecule has 4 aliphatic carbocycles. The molecule has 2 heterocycles. The van der Waals surface area contributed by atoms with Crippen LogP contribution in [0, 0.1) is 29.1 Å². The van der Waals surface area contributed by atoms with Crippen molar-refractivity contribution in [3.63, 3.8) is 0 Å². The summed E-state index contributed by atoms with van der Waals surface area (Å²) in [6, 6.07) is 1.60. The number of carbonyl (C=O) groups excluding carboxylic acids is 2. The van der Waals surface area contributed by atoms with Gasteiger partial charge in [-0.25, -0.2) is 0 Å². The Morgan fingerprint density at radius 1 is 1.03 bits per heavy atom. The molecular weight excluding hydrogens is 378 g/mol. The highest BCUT2D eigenvalue weighted by Gasteiger charge is 2.54. The summed E-state index contributed by atoms with van der Waals surface area (Å²) in [5, 5.41) is 2.97. The Morgan fingerprint density at radius 3 is 2.17 bits per heavy atom. The summed E-state index contributed by atoms with van der Waals surface area (Å²) >= 11 is 0. The molecule has 6 rings (SSSR count). The van der Waals surface area contributed by atoms with Crippen molar-refractivity contribution < 1.29 is 9.59 Å². The first kappa shape index (κ1) is 19.8. The van der Waals surface area contributed by atoms with Crippen LogP contribution in [0.1, 0.15) is 68.6 Å². The van der Waals surface area contributed by atoms with Gasteiger partial charge in [0.25, 0.3) is 11.5 Å². The minimum Gasteiger partial charge on any atom is -0.339 e. The van der Waals surface area contributed by atoms with E-state index in [1.165, 1.54) is 23.8 Å². The van der Waals surface area contributed by atoms with Crippen molar-refractivity contribution >= 4 is 17.5 Å². The Morgan fingerprint density at radius 2 is 1.60 bits per heavy atom. The van der Waals surface area contributed by atoms with Gasteiger partial charge in [0.1, 0.15) is 5.69 Å². The Hall–Kier alpha value is -2.11. The third-order valence-electron chi connectivity index (χ3n) is 8.27. The Bertz CT molecular complexity index is 891. The van der Waals surface area contributed by atoms with E-state index in [0.717, 1.165) is 45.2 Å². The molecule has 0 unspecified atom stereocenters. The van der Waals surface area contributed by atoms with Gasteiger partial charge in [0, 0.05) is 26.3 Å². The second-order valence-corrected chi connectivity index (χ2v) is 10.7. The van der Waals surface area contributed by atoms with Gasteiger partial charge in [0.2, 0.25) is 5.91 Å². The number of anilines is 1. The van der Waals surface area contributed by atoms with Gasteiger partial charge in [-0.05, 0) is 81.1 Å². The Balaban J connectivity index is 1.37. The predicted octanol–water partition coefficient (Wildman–Crippen LogP) is 3.41. The molecule has 1 aromatic heterocycles. The fourth-order valence-corrected chi connectivity index (χ4v) is 6.96. The van der Waals surface area contributed by atoms with Crippen molar-refractivity contribution in [1.29, 1.82) is 0 Å². The smallest absolute Gasteiger partial charge is 0.274 e. The van der Waals surface area contributed by atoms with Crippen molar-refractivity contribution in [3.8, 4) is 0 Å². The number of pyridine rings is 1. The van der Waals surface area contributed by atoms with Crippen LogP contribution in [0.4, 0.5) is 5.69 Å². The van der Waals surface area contributed by atoms with Gasteiger partial charge in [-0.1, -0.05) is 6.92 Å². The van der Waals surface area contributed by atoms with E-state index in [1.54, 1.807) is 19.3 Å². The lowest BCUT2D eigenvalue weighted by molar-refractivity contribution is -0.140. The van der Waals surface area contributed by atoms with Gasteiger partial charge in [0.15, 0.2) is 0 Å². The molecule has 2 amide bonds. The van der Waals surface area contributed by atoms with E-state index in [2.05, 4.69) is 12.2 Å². The molecule has 0 atom stereocenters. The first-order valence-electron chi connectivity index (χ1n) is 11.6. The zero-order valence-electron chi connectivity index (χ0n) is 18.2. The maximum atomic E-state index is 13.4. The quantitative estimate of drug-likeness (QED) is 0.829. The van der Waals surface area contributed by atoms with E-state index >= 15 is 0 Å². The van der Waals surface area contributed by atoms with Gasteiger partial charge < -0.3 is 14.8 Å². The summed E-state index contributed by atoms with van der Waals surface area (Å²) < 4.78 is 1.43. The van der Waals surface area contributed by atoms with Crippen LogP contribution in [0.15, 0.2) is 17.1 Å². The van der Waals surface area contributed by atoms with Gasteiger partial charge in [-0.2, -0.15) is 0 Å². The van der Waals surface area contributed by atoms with Gasteiger partial charge in [-0.15, -0.1) is 0 Å². The van der Waals surface area contributed by atoms with Crippen LogP contribution in [-0.2, 0) is 11.8 Å². The van der Waals surface area contributed by atoms with Crippen molar-refractivity contribution in [2.75, 3.05) is 18.4 Å². The zero-order valence-corrected chi connectivity index (χ0v) is 18.2. The molecule has 5 fully saturated rings. The number of amides is 2. The van der Waals surface area contributed by atoms with Crippen molar-refractivity contribution in [2.24, 2.45) is 36.1 Å². The largest absolute Gasteiger partial charge is 0.339 e. The average molecular weight is 412 g/mol. The Kier molecular flexibility index (Phi) is 4.79. The second kappa shape index (κ2) is 7.24. The number of hydrogen-bond donors (Lipinski definition) is 1. The summed E-state index contributed by atoms with van der Waals surface area (Å²) in [5.74, 6) is 2.58. The number of likely N-dealkylation sites (tertiary alicyclic amines) is 1. The van der Waals surface area contributed by atoms with Crippen LogP contribution in [0.3, 0.4) is 0 Å². The molecule has 0 aromatic carbocycles. The standard InChI is InChI=1S/C24H33N3O3/c1-15-3-5-27(6-4-15)21(28)19-10-20(22(29)26(2)14-19)25-23(30)24-11-16-7-17(12-24)9-18(8-16)13-24/h10,14-18H,3-9,11-13H2,1-2H3,(H,25,30). The summed E-state index contributed by atoms with van der Waals surface area (Å²) in [4.78, 5) is 41.0. The highest BCUT2D eigenvalue weighted by molar-refractivity contribution is 5.98. The SMILES string of the molecule is CC1CCN(C(=O)c2cc(NC(=O)C34CC5CC(CC(C5)C3)C4)c(=O)n(C)c2)CC1. The molecule has 30 heavy (non-hydrogen) atoms. The summed E-state index contributed by atoms with van der Waals surface area (Å²) in [6.07, 6.45) is 10.3. The third-order valence-corrected chi connectivity index (χ3v) is 8.27. The number of nitrogens with one attached hydrogen (secondary N) is 1. The first-order valence-corrected chi connectivity index (χ1v) is 11.6. The van der Waals surface area contributed by atoms with Gasteiger partial charge in [-0.3, -0.25) is 14.4 Å². The zero-order chi connectivity index (χ0) is 21.0. The van der Waals surface area contributed by atoms with Gasteiger partial charge in [0.05, 0.1) is 11.0 Å². The van der Waals surface area contributed by atoms with Crippen molar-refractivity contribution in [2.45, 2.75) is 58.3 Å². The van der Waals surface area contributed by atoms with E-state index < -0.39 is 0 Å². The summed E-state index contributed by atoms with van der Waals surface area (Å²) in [6.45, 7) is 3.71. The molecule has 4 saturated carbocycles. The van der Waals surface area contributed by atoms with E-state index in [-0.39, 0.29) is 28.5 Å². The molecule has 6 heteroatoms. The lowest BCUT2D eigenvalue weighted by atomic mass is 9.49. The molecular formula is C24H33N3O3. The van der Waals surface area contributed by atoms with E-state index in [9.17, 15) is 14.4 Å². The molecule has 162 valence electrons. The van der Waals surface area contributed by atoms with Crippen LogP contribution in [0.5, 0.6) is 0 Å².